The second kappa shape index (κ2) is 5.54. The molecule has 2 rings (SSSR count). The summed E-state index contributed by atoms with van der Waals surface area (Å²) in [6.45, 7) is 1.92. The zero-order valence-electron chi connectivity index (χ0n) is 10.4. The van der Waals surface area contributed by atoms with Gasteiger partial charge in [-0.15, -0.1) is 0 Å². The van der Waals surface area contributed by atoms with Crippen LogP contribution in [0.2, 0.25) is 5.02 Å². The molecule has 2 N–H and O–H groups in total. The van der Waals surface area contributed by atoms with Gasteiger partial charge in [0.2, 0.25) is 0 Å². The molecule has 0 saturated heterocycles. The summed E-state index contributed by atoms with van der Waals surface area (Å²) in [4.78, 5) is 0. The van der Waals surface area contributed by atoms with Crippen LogP contribution in [0.25, 0.3) is 0 Å². The number of anilines is 2. The van der Waals surface area contributed by atoms with Crippen molar-refractivity contribution in [2.75, 3.05) is 10.6 Å². The Morgan fingerprint density at radius 3 is 2.74 bits per heavy atom. The number of rotatable bonds is 2. The lowest BCUT2D eigenvalue weighted by Crippen LogP contribution is -2.19. The van der Waals surface area contributed by atoms with Crippen molar-refractivity contribution in [2.45, 2.75) is 6.92 Å². The van der Waals surface area contributed by atoms with Gasteiger partial charge >= 0.3 is 0 Å². The van der Waals surface area contributed by atoms with Crippen LogP contribution in [0.15, 0.2) is 24.4 Å². The van der Waals surface area contributed by atoms with Gasteiger partial charge in [0.25, 0.3) is 0 Å². The third kappa shape index (κ3) is 3.21. The summed E-state index contributed by atoms with van der Waals surface area (Å²) in [7, 11) is 1.84. The van der Waals surface area contributed by atoms with Crippen LogP contribution in [0.1, 0.15) is 5.69 Å². The maximum Gasteiger partial charge on any atom is 0.175 e. The van der Waals surface area contributed by atoms with Gasteiger partial charge in [-0.2, -0.15) is 5.10 Å². The topological polar surface area (TPSA) is 41.9 Å². The molecule has 1 heterocycles. The Kier molecular flexibility index (Phi) is 4.01. The Hall–Kier alpha value is -1.66. The van der Waals surface area contributed by atoms with E-state index in [0.717, 1.165) is 11.4 Å². The van der Waals surface area contributed by atoms with Gasteiger partial charge in [-0.1, -0.05) is 11.6 Å². The highest BCUT2D eigenvalue weighted by Gasteiger charge is 2.06. The summed E-state index contributed by atoms with van der Waals surface area (Å²) in [5.41, 5.74) is 2.39. The molecule has 0 spiro atoms. The number of halogens is 2. The van der Waals surface area contributed by atoms with Crippen molar-refractivity contribution in [1.29, 1.82) is 0 Å². The molecule has 0 aliphatic heterocycles. The Morgan fingerprint density at radius 2 is 2.16 bits per heavy atom. The Labute approximate surface area is 120 Å². The fraction of sp³-hybridized carbons (Fsp3) is 0.167. The maximum atomic E-state index is 13.0. The number of aromatic nitrogens is 2. The summed E-state index contributed by atoms with van der Waals surface area (Å²) < 4.78 is 14.8. The van der Waals surface area contributed by atoms with Crippen LogP contribution >= 0.6 is 23.8 Å². The van der Waals surface area contributed by atoms with Crippen LogP contribution in [0, 0.1) is 12.7 Å². The summed E-state index contributed by atoms with van der Waals surface area (Å²) in [6, 6.07) is 4.31. The van der Waals surface area contributed by atoms with Crippen LogP contribution < -0.4 is 10.6 Å². The zero-order valence-corrected chi connectivity index (χ0v) is 11.9. The molecule has 0 bridgehead atoms. The van der Waals surface area contributed by atoms with Crippen molar-refractivity contribution in [3.05, 3.63) is 40.9 Å². The molecule has 1 aromatic heterocycles. The minimum atomic E-state index is -0.464. The predicted octanol–water partition coefficient (Wildman–Crippen LogP) is 3.33. The number of hydrogen-bond acceptors (Lipinski definition) is 2. The summed E-state index contributed by atoms with van der Waals surface area (Å²) in [5, 5.41) is 10.5. The standard InChI is InChI=1S/C12H12ClFN4S/c1-7-11(6-15-18(7)2)17-12(19)16-8-3-4-10(14)9(13)5-8/h3-6H,1-2H3,(H2,16,17,19). The van der Waals surface area contributed by atoms with Crippen LogP contribution in [0.3, 0.4) is 0 Å². The molecular weight excluding hydrogens is 287 g/mol. The molecule has 1 aromatic carbocycles. The van der Waals surface area contributed by atoms with Crippen LogP contribution in [-0.4, -0.2) is 14.9 Å². The number of nitrogens with one attached hydrogen (secondary N) is 2. The van der Waals surface area contributed by atoms with E-state index in [1.165, 1.54) is 12.1 Å². The quantitative estimate of drug-likeness (QED) is 0.835. The van der Waals surface area contributed by atoms with E-state index >= 15 is 0 Å². The predicted molar refractivity (Wildman–Crippen MR) is 79.2 cm³/mol. The zero-order chi connectivity index (χ0) is 14.0. The van der Waals surface area contributed by atoms with Gasteiger partial charge < -0.3 is 10.6 Å². The Balaban J connectivity index is 2.05. The third-order valence-corrected chi connectivity index (χ3v) is 3.15. The van der Waals surface area contributed by atoms with Crippen LogP contribution in [0.4, 0.5) is 15.8 Å². The first-order chi connectivity index (χ1) is 8.97. The van der Waals surface area contributed by atoms with E-state index in [0.29, 0.717) is 10.8 Å². The Morgan fingerprint density at radius 1 is 1.42 bits per heavy atom. The van der Waals surface area contributed by atoms with Crippen LogP contribution in [-0.2, 0) is 7.05 Å². The van der Waals surface area contributed by atoms with Gasteiger partial charge in [-0.3, -0.25) is 4.68 Å². The van der Waals surface area contributed by atoms with Crippen LogP contribution in [0.5, 0.6) is 0 Å². The van der Waals surface area contributed by atoms with Crippen molar-refractivity contribution in [3.63, 3.8) is 0 Å². The number of benzene rings is 1. The van der Waals surface area contributed by atoms with Crippen molar-refractivity contribution in [2.24, 2.45) is 7.05 Å². The molecule has 0 unspecified atom stereocenters. The molecule has 2 aromatic rings. The first-order valence-electron chi connectivity index (χ1n) is 5.49. The highest BCUT2D eigenvalue weighted by molar-refractivity contribution is 7.80. The van der Waals surface area contributed by atoms with Gasteiger partial charge in [0.15, 0.2) is 5.11 Å². The minimum Gasteiger partial charge on any atom is -0.332 e. The molecule has 0 saturated carbocycles. The van der Waals surface area contributed by atoms with Gasteiger partial charge in [-0.05, 0) is 37.3 Å². The largest absolute Gasteiger partial charge is 0.332 e. The lowest BCUT2D eigenvalue weighted by atomic mass is 10.3. The van der Waals surface area contributed by atoms with E-state index in [1.54, 1.807) is 16.9 Å². The van der Waals surface area contributed by atoms with Crippen molar-refractivity contribution >= 4 is 40.3 Å². The van der Waals surface area contributed by atoms with E-state index in [-0.39, 0.29) is 5.02 Å². The van der Waals surface area contributed by atoms with Crippen molar-refractivity contribution in [1.82, 2.24) is 9.78 Å². The Bertz CT molecular complexity index is 626. The van der Waals surface area contributed by atoms with E-state index in [2.05, 4.69) is 15.7 Å². The molecule has 19 heavy (non-hydrogen) atoms. The minimum absolute atomic E-state index is 0.0466. The molecule has 0 radical (unpaired) electrons. The fourth-order valence-electron chi connectivity index (χ4n) is 1.48. The smallest absolute Gasteiger partial charge is 0.175 e. The molecule has 0 fully saturated rings. The van der Waals surface area contributed by atoms with E-state index in [1.807, 2.05) is 14.0 Å². The molecule has 7 heteroatoms. The molecule has 0 atom stereocenters. The molecule has 4 nitrogen and oxygen atoms in total. The molecule has 100 valence electrons. The number of aryl methyl sites for hydroxylation is 1. The van der Waals surface area contributed by atoms with E-state index < -0.39 is 5.82 Å². The average Bonchev–Trinajstić information content (AvgIpc) is 2.66. The first kappa shape index (κ1) is 13.8. The van der Waals surface area contributed by atoms with E-state index in [4.69, 9.17) is 23.8 Å². The SMILES string of the molecule is Cc1c(NC(=S)Nc2ccc(F)c(Cl)c2)cnn1C. The summed E-state index contributed by atoms with van der Waals surface area (Å²) >= 11 is 10.9. The second-order valence-corrected chi connectivity index (χ2v) is 4.79. The van der Waals surface area contributed by atoms with Crippen molar-refractivity contribution in [3.8, 4) is 0 Å². The third-order valence-electron chi connectivity index (χ3n) is 2.66. The van der Waals surface area contributed by atoms with Crippen molar-refractivity contribution < 1.29 is 4.39 Å². The summed E-state index contributed by atoms with van der Waals surface area (Å²) in [5.74, 6) is -0.464. The summed E-state index contributed by atoms with van der Waals surface area (Å²) in [6.07, 6.45) is 1.68. The molecule has 0 amide bonds. The van der Waals surface area contributed by atoms with Gasteiger partial charge in [0, 0.05) is 12.7 Å². The second-order valence-electron chi connectivity index (χ2n) is 3.98. The lowest BCUT2D eigenvalue weighted by Gasteiger charge is -2.10. The van der Waals surface area contributed by atoms with Gasteiger partial charge in [-0.25, -0.2) is 4.39 Å². The number of thiocarbonyl (C=S) groups is 1. The average molecular weight is 299 g/mol. The van der Waals surface area contributed by atoms with E-state index in [9.17, 15) is 4.39 Å². The number of hydrogen-bond donors (Lipinski definition) is 2. The highest BCUT2D eigenvalue weighted by atomic mass is 35.5. The monoisotopic (exact) mass is 298 g/mol. The fourth-order valence-corrected chi connectivity index (χ4v) is 1.89. The maximum absolute atomic E-state index is 13.0. The molecule has 0 aliphatic rings. The number of nitrogens with zero attached hydrogens (tertiary/aromatic N) is 2. The molecular formula is C12H12ClFN4S. The highest BCUT2D eigenvalue weighted by Crippen LogP contribution is 2.20. The lowest BCUT2D eigenvalue weighted by molar-refractivity contribution is 0.628. The normalized spacial score (nSPS) is 10.3. The first-order valence-corrected chi connectivity index (χ1v) is 6.27. The van der Waals surface area contributed by atoms with Gasteiger partial charge in [0.1, 0.15) is 5.82 Å². The van der Waals surface area contributed by atoms with Gasteiger partial charge in [0.05, 0.1) is 22.6 Å². The molecule has 0 aliphatic carbocycles.